The largest absolute Gasteiger partial charge is 0.366 e. The molecule has 1 aromatic carbocycles. The van der Waals surface area contributed by atoms with E-state index in [-0.39, 0.29) is 23.7 Å². The number of hydrogen-bond donors (Lipinski definition) is 1. The third-order valence-corrected chi connectivity index (χ3v) is 3.71. The van der Waals surface area contributed by atoms with Crippen LogP contribution >= 0.6 is 0 Å². The lowest BCUT2D eigenvalue weighted by molar-refractivity contribution is -0.135. The SMILES string of the molecule is Cc1cccc(CC2(NC(=O)[C@H](C)OC(C)C)CC2)c1. The Morgan fingerprint density at radius 3 is 2.60 bits per heavy atom. The van der Waals surface area contributed by atoms with Crippen molar-refractivity contribution in [2.24, 2.45) is 0 Å². The van der Waals surface area contributed by atoms with Gasteiger partial charge < -0.3 is 10.1 Å². The summed E-state index contributed by atoms with van der Waals surface area (Å²) in [6, 6.07) is 8.50. The molecule has 3 heteroatoms. The van der Waals surface area contributed by atoms with Gasteiger partial charge in [-0.1, -0.05) is 29.8 Å². The van der Waals surface area contributed by atoms with Crippen LogP contribution in [0, 0.1) is 6.92 Å². The third kappa shape index (κ3) is 4.07. The van der Waals surface area contributed by atoms with Gasteiger partial charge in [0.05, 0.1) is 6.10 Å². The van der Waals surface area contributed by atoms with Crippen LogP contribution in [0.5, 0.6) is 0 Å². The second-order valence-corrected chi connectivity index (χ2v) is 6.26. The average molecular weight is 275 g/mol. The van der Waals surface area contributed by atoms with Gasteiger partial charge in [-0.15, -0.1) is 0 Å². The summed E-state index contributed by atoms with van der Waals surface area (Å²) >= 11 is 0. The van der Waals surface area contributed by atoms with E-state index in [0.717, 1.165) is 19.3 Å². The van der Waals surface area contributed by atoms with Crippen LogP contribution in [-0.4, -0.2) is 23.7 Å². The molecule has 0 bridgehead atoms. The van der Waals surface area contributed by atoms with Crippen LogP contribution in [-0.2, 0) is 16.0 Å². The van der Waals surface area contributed by atoms with E-state index < -0.39 is 0 Å². The van der Waals surface area contributed by atoms with Crippen molar-refractivity contribution >= 4 is 5.91 Å². The highest BCUT2D eigenvalue weighted by molar-refractivity contribution is 5.81. The molecule has 1 saturated carbocycles. The van der Waals surface area contributed by atoms with Crippen molar-refractivity contribution in [2.45, 2.75) is 64.7 Å². The van der Waals surface area contributed by atoms with Crippen molar-refractivity contribution in [3.63, 3.8) is 0 Å². The predicted molar refractivity (Wildman–Crippen MR) is 80.7 cm³/mol. The quantitative estimate of drug-likeness (QED) is 0.866. The number of benzene rings is 1. The molecule has 0 spiro atoms. The van der Waals surface area contributed by atoms with Gasteiger partial charge in [0.25, 0.3) is 0 Å². The first kappa shape index (κ1) is 15.0. The van der Waals surface area contributed by atoms with Gasteiger partial charge in [0.2, 0.25) is 5.91 Å². The molecule has 0 radical (unpaired) electrons. The number of carbonyl (C=O) groups excluding carboxylic acids is 1. The highest BCUT2D eigenvalue weighted by Gasteiger charge is 2.44. The molecule has 1 N–H and O–H groups in total. The van der Waals surface area contributed by atoms with Crippen molar-refractivity contribution in [2.75, 3.05) is 0 Å². The van der Waals surface area contributed by atoms with E-state index in [1.165, 1.54) is 11.1 Å². The summed E-state index contributed by atoms with van der Waals surface area (Å²) in [5.41, 5.74) is 2.51. The van der Waals surface area contributed by atoms with Crippen molar-refractivity contribution in [1.82, 2.24) is 5.32 Å². The standard InChI is InChI=1S/C17H25NO2/c1-12(2)20-14(4)16(19)18-17(8-9-17)11-15-7-5-6-13(3)10-15/h5-7,10,12,14H,8-9,11H2,1-4H3,(H,18,19)/t14-/m0/s1. The number of rotatable bonds is 6. The molecule has 3 nitrogen and oxygen atoms in total. The monoisotopic (exact) mass is 275 g/mol. The summed E-state index contributed by atoms with van der Waals surface area (Å²) in [4.78, 5) is 12.2. The Morgan fingerprint density at radius 2 is 2.05 bits per heavy atom. The maximum Gasteiger partial charge on any atom is 0.249 e. The maximum absolute atomic E-state index is 12.2. The fourth-order valence-corrected chi connectivity index (χ4v) is 2.54. The van der Waals surface area contributed by atoms with E-state index in [4.69, 9.17) is 4.74 Å². The topological polar surface area (TPSA) is 38.3 Å². The van der Waals surface area contributed by atoms with Crippen LogP contribution in [0.2, 0.25) is 0 Å². The van der Waals surface area contributed by atoms with Crippen LogP contribution < -0.4 is 5.32 Å². The molecule has 1 fully saturated rings. The lowest BCUT2D eigenvalue weighted by atomic mass is 10.0. The second kappa shape index (κ2) is 5.96. The Morgan fingerprint density at radius 1 is 1.35 bits per heavy atom. The van der Waals surface area contributed by atoms with Gasteiger partial charge in [-0.2, -0.15) is 0 Å². The van der Waals surface area contributed by atoms with E-state index in [1.54, 1.807) is 0 Å². The zero-order chi connectivity index (χ0) is 14.8. The fraction of sp³-hybridized carbons (Fsp3) is 0.588. The highest BCUT2D eigenvalue weighted by Crippen LogP contribution is 2.38. The third-order valence-electron chi connectivity index (χ3n) is 3.71. The van der Waals surface area contributed by atoms with Gasteiger partial charge in [-0.25, -0.2) is 0 Å². The summed E-state index contributed by atoms with van der Waals surface area (Å²) in [6.07, 6.45) is 2.71. The summed E-state index contributed by atoms with van der Waals surface area (Å²) in [5.74, 6) is 0.00357. The Bertz CT molecular complexity index is 478. The zero-order valence-corrected chi connectivity index (χ0v) is 12.9. The number of carbonyl (C=O) groups is 1. The van der Waals surface area contributed by atoms with Gasteiger partial charge in [0, 0.05) is 5.54 Å². The molecule has 0 aromatic heterocycles. The molecule has 1 aliphatic rings. The molecule has 0 heterocycles. The van der Waals surface area contributed by atoms with Gasteiger partial charge in [-0.05, 0) is 52.5 Å². The minimum Gasteiger partial charge on any atom is -0.366 e. The molecule has 1 aromatic rings. The smallest absolute Gasteiger partial charge is 0.249 e. The minimum absolute atomic E-state index is 0.00357. The molecule has 2 rings (SSSR count). The summed E-state index contributed by atoms with van der Waals surface area (Å²) in [7, 11) is 0. The summed E-state index contributed by atoms with van der Waals surface area (Å²) in [6.45, 7) is 7.81. The fourth-order valence-electron chi connectivity index (χ4n) is 2.54. The molecular formula is C17H25NO2. The van der Waals surface area contributed by atoms with E-state index >= 15 is 0 Å². The molecular weight excluding hydrogens is 250 g/mol. The first-order valence-electron chi connectivity index (χ1n) is 7.43. The summed E-state index contributed by atoms with van der Waals surface area (Å²) < 4.78 is 5.54. The van der Waals surface area contributed by atoms with Crippen molar-refractivity contribution in [3.8, 4) is 0 Å². The normalized spacial score (nSPS) is 17.9. The average Bonchev–Trinajstić information content (AvgIpc) is 3.07. The van der Waals surface area contributed by atoms with Gasteiger partial charge >= 0.3 is 0 Å². The number of nitrogens with one attached hydrogen (secondary N) is 1. The zero-order valence-electron chi connectivity index (χ0n) is 12.9. The first-order valence-corrected chi connectivity index (χ1v) is 7.43. The molecule has 110 valence electrons. The lowest BCUT2D eigenvalue weighted by Gasteiger charge is -2.22. The van der Waals surface area contributed by atoms with E-state index in [0.29, 0.717) is 0 Å². The number of amides is 1. The van der Waals surface area contributed by atoms with Crippen molar-refractivity contribution in [3.05, 3.63) is 35.4 Å². The number of hydrogen-bond acceptors (Lipinski definition) is 2. The van der Waals surface area contributed by atoms with E-state index in [2.05, 4.69) is 36.5 Å². The van der Waals surface area contributed by atoms with Gasteiger partial charge in [0.1, 0.15) is 6.10 Å². The molecule has 1 atom stereocenters. The molecule has 0 saturated heterocycles. The van der Waals surface area contributed by atoms with Crippen LogP contribution in [0.4, 0.5) is 0 Å². The number of aryl methyl sites for hydroxylation is 1. The Balaban J connectivity index is 1.93. The van der Waals surface area contributed by atoms with Gasteiger partial charge in [-0.3, -0.25) is 4.79 Å². The number of ether oxygens (including phenoxy) is 1. The van der Waals surface area contributed by atoms with Crippen molar-refractivity contribution in [1.29, 1.82) is 0 Å². The Labute approximate surface area is 121 Å². The Hall–Kier alpha value is -1.35. The van der Waals surface area contributed by atoms with Crippen LogP contribution in [0.1, 0.15) is 44.7 Å². The molecule has 1 aliphatic carbocycles. The van der Waals surface area contributed by atoms with Crippen LogP contribution in [0.25, 0.3) is 0 Å². The predicted octanol–water partition coefficient (Wildman–Crippen LogP) is 3.00. The molecule has 0 unspecified atom stereocenters. The summed E-state index contributed by atoms with van der Waals surface area (Å²) in [5, 5.41) is 3.18. The second-order valence-electron chi connectivity index (χ2n) is 6.26. The maximum atomic E-state index is 12.2. The van der Waals surface area contributed by atoms with Crippen LogP contribution in [0.15, 0.2) is 24.3 Å². The van der Waals surface area contributed by atoms with E-state index in [1.807, 2.05) is 20.8 Å². The molecule has 0 aliphatic heterocycles. The van der Waals surface area contributed by atoms with Crippen LogP contribution in [0.3, 0.4) is 0 Å². The first-order chi connectivity index (χ1) is 9.40. The molecule has 20 heavy (non-hydrogen) atoms. The Kier molecular flexibility index (Phi) is 4.48. The molecule has 1 amide bonds. The lowest BCUT2D eigenvalue weighted by Crippen LogP contribution is -2.44. The highest BCUT2D eigenvalue weighted by atomic mass is 16.5. The minimum atomic E-state index is -0.384. The van der Waals surface area contributed by atoms with Gasteiger partial charge in [0.15, 0.2) is 0 Å². The van der Waals surface area contributed by atoms with Crippen molar-refractivity contribution < 1.29 is 9.53 Å². The van der Waals surface area contributed by atoms with E-state index in [9.17, 15) is 4.79 Å².